The zero-order valence-electron chi connectivity index (χ0n) is 10.7. The number of hydrogen-bond donors (Lipinski definition) is 1. The topological polar surface area (TPSA) is 49.8 Å². The van der Waals surface area contributed by atoms with E-state index in [1.165, 1.54) is 0 Å². The van der Waals surface area contributed by atoms with Crippen LogP contribution in [-0.4, -0.2) is 41.7 Å². The Bertz CT molecular complexity index is 438. The van der Waals surface area contributed by atoms with E-state index in [1.54, 1.807) is 17.0 Å². The summed E-state index contributed by atoms with van der Waals surface area (Å²) >= 11 is 5.95. The monoisotopic (exact) mass is 283 g/mol. The Hall–Kier alpha value is -1.26. The van der Waals surface area contributed by atoms with Crippen LogP contribution < -0.4 is 4.74 Å². The minimum Gasteiger partial charge on any atom is -0.491 e. The lowest BCUT2D eigenvalue weighted by Gasteiger charge is -2.30. The third kappa shape index (κ3) is 4.11. The van der Waals surface area contributed by atoms with E-state index < -0.39 is 0 Å². The third-order valence-electron chi connectivity index (χ3n) is 3.16. The minimum absolute atomic E-state index is 0.0193. The first-order valence-electron chi connectivity index (χ1n) is 6.50. The Morgan fingerprint density at radius 2 is 2.26 bits per heavy atom. The van der Waals surface area contributed by atoms with Gasteiger partial charge in [-0.2, -0.15) is 0 Å². The largest absolute Gasteiger partial charge is 0.491 e. The first-order chi connectivity index (χ1) is 9.16. The van der Waals surface area contributed by atoms with Crippen molar-refractivity contribution in [2.24, 2.45) is 0 Å². The molecular weight excluding hydrogens is 266 g/mol. The van der Waals surface area contributed by atoms with Gasteiger partial charge in [0.05, 0.1) is 24.2 Å². The van der Waals surface area contributed by atoms with Crippen LogP contribution in [0.5, 0.6) is 5.75 Å². The van der Waals surface area contributed by atoms with Crippen LogP contribution in [0.25, 0.3) is 0 Å². The number of ether oxygens (including phenoxy) is 1. The van der Waals surface area contributed by atoms with E-state index >= 15 is 0 Å². The number of likely N-dealkylation sites (tertiary alicyclic amines) is 1. The van der Waals surface area contributed by atoms with Gasteiger partial charge >= 0.3 is 0 Å². The molecule has 0 aromatic heterocycles. The van der Waals surface area contributed by atoms with Crippen LogP contribution in [0.2, 0.25) is 5.02 Å². The van der Waals surface area contributed by atoms with E-state index in [0.29, 0.717) is 30.3 Å². The lowest BCUT2D eigenvalue weighted by atomic mass is 10.1. The van der Waals surface area contributed by atoms with Gasteiger partial charge in [0.15, 0.2) is 0 Å². The quantitative estimate of drug-likeness (QED) is 0.920. The zero-order chi connectivity index (χ0) is 13.7. The van der Waals surface area contributed by atoms with Gasteiger partial charge in [0.25, 0.3) is 0 Å². The summed E-state index contributed by atoms with van der Waals surface area (Å²) in [4.78, 5) is 13.6. The van der Waals surface area contributed by atoms with Crippen molar-refractivity contribution in [2.45, 2.75) is 25.4 Å². The summed E-state index contributed by atoms with van der Waals surface area (Å²) in [6, 6.07) is 7.19. The van der Waals surface area contributed by atoms with Crippen molar-refractivity contribution in [3.8, 4) is 5.75 Å². The fourth-order valence-electron chi connectivity index (χ4n) is 2.15. The summed E-state index contributed by atoms with van der Waals surface area (Å²) in [6.45, 7) is 1.46. The van der Waals surface area contributed by atoms with Gasteiger partial charge in [0.1, 0.15) is 5.75 Å². The molecule has 19 heavy (non-hydrogen) atoms. The van der Waals surface area contributed by atoms with Crippen molar-refractivity contribution in [3.05, 3.63) is 29.3 Å². The summed E-state index contributed by atoms with van der Waals surface area (Å²) in [5.41, 5.74) is 0. The minimum atomic E-state index is -0.387. The standard InChI is InChI=1S/C14H18ClNO3/c15-12-5-1-2-6-13(12)19-9-7-14(18)16-8-3-4-11(17)10-16/h1-2,5-6,11,17H,3-4,7-10H2/t11-/m0/s1. The molecule has 1 aromatic rings. The molecule has 1 heterocycles. The second-order valence-corrected chi connectivity index (χ2v) is 5.07. The van der Waals surface area contributed by atoms with Crippen LogP contribution in [0, 0.1) is 0 Å². The van der Waals surface area contributed by atoms with Gasteiger partial charge in [-0.15, -0.1) is 0 Å². The molecule has 1 N–H and O–H groups in total. The molecule has 1 amide bonds. The van der Waals surface area contributed by atoms with Crippen LogP contribution >= 0.6 is 11.6 Å². The van der Waals surface area contributed by atoms with Gasteiger partial charge in [0.2, 0.25) is 5.91 Å². The summed E-state index contributed by atoms with van der Waals surface area (Å²) < 4.78 is 5.48. The lowest BCUT2D eigenvalue weighted by Crippen LogP contribution is -2.42. The number of halogens is 1. The molecule has 4 nitrogen and oxygen atoms in total. The Morgan fingerprint density at radius 1 is 1.47 bits per heavy atom. The third-order valence-corrected chi connectivity index (χ3v) is 3.47. The molecule has 1 aliphatic rings. The number of hydrogen-bond acceptors (Lipinski definition) is 3. The van der Waals surface area contributed by atoms with Crippen LogP contribution in [-0.2, 0) is 4.79 Å². The fourth-order valence-corrected chi connectivity index (χ4v) is 2.34. The molecule has 1 atom stereocenters. The summed E-state index contributed by atoms with van der Waals surface area (Å²) in [6.07, 6.45) is 1.55. The van der Waals surface area contributed by atoms with Crippen molar-refractivity contribution in [1.82, 2.24) is 4.90 Å². The average Bonchev–Trinajstić information content (AvgIpc) is 2.41. The average molecular weight is 284 g/mol. The molecule has 104 valence electrons. The van der Waals surface area contributed by atoms with Gasteiger partial charge in [-0.3, -0.25) is 4.79 Å². The predicted octanol–water partition coefficient (Wildman–Crippen LogP) is 2.09. The van der Waals surface area contributed by atoms with Crippen molar-refractivity contribution < 1.29 is 14.6 Å². The first kappa shape index (κ1) is 14.2. The molecule has 5 heteroatoms. The molecule has 1 fully saturated rings. The van der Waals surface area contributed by atoms with Gasteiger partial charge in [0, 0.05) is 13.1 Å². The Labute approximate surface area is 117 Å². The number of aliphatic hydroxyl groups excluding tert-OH is 1. The molecule has 1 aliphatic heterocycles. The maximum absolute atomic E-state index is 11.9. The lowest BCUT2D eigenvalue weighted by molar-refractivity contribution is -0.134. The van der Waals surface area contributed by atoms with Crippen LogP contribution in [0.1, 0.15) is 19.3 Å². The van der Waals surface area contributed by atoms with Crippen molar-refractivity contribution in [2.75, 3.05) is 19.7 Å². The Balaban J connectivity index is 1.76. The summed E-state index contributed by atoms with van der Waals surface area (Å²) in [7, 11) is 0. The van der Waals surface area contributed by atoms with Crippen LogP contribution in [0.4, 0.5) is 0 Å². The van der Waals surface area contributed by atoms with E-state index in [1.807, 2.05) is 12.1 Å². The highest BCUT2D eigenvalue weighted by Crippen LogP contribution is 2.23. The van der Waals surface area contributed by atoms with Crippen molar-refractivity contribution in [3.63, 3.8) is 0 Å². The Kier molecular flexibility index (Phi) is 5.05. The molecule has 0 bridgehead atoms. The van der Waals surface area contributed by atoms with Gasteiger partial charge in [-0.25, -0.2) is 0 Å². The van der Waals surface area contributed by atoms with Gasteiger partial charge in [-0.1, -0.05) is 23.7 Å². The van der Waals surface area contributed by atoms with E-state index in [9.17, 15) is 9.90 Å². The number of benzene rings is 1. The van der Waals surface area contributed by atoms with Crippen molar-refractivity contribution in [1.29, 1.82) is 0 Å². The smallest absolute Gasteiger partial charge is 0.226 e. The molecule has 0 radical (unpaired) electrons. The second-order valence-electron chi connectivity index (χ2n) is 4.66. The van der Waals surface area contributed by atoms with Crippen molar-refractivity contribution >= 4 is 17.5 Å². The highest BCUT2D eigenvalue weighted by atomic mass is 35.5. The van der Waals surface area contributed by atoms with E-state index in [4.69, 9.17) is 16.3 Å². The molecule has 0 aliphatic carbocycles. The molecular formula is C14H18ClNO3. The molecule has 1 aromatic carbocycles. The summed E-state index contributed by atoms with van der Waals surface area (Å²) in [5, 5.41) is 10.1. The normalized spacial score (nSPS) is 19.3. The molecule has 0 saturated carbocycles. The van der Waals surface area contributed by atoms with Gasteiger partial charge in [-0.05, 0) is 25.0 Å². The highest BCUT2D eigenvalue weighted by Gasteiger charge is 2.21. The number of para-hydroxylation sites is 1. The number of amides is 1. The molecule has 2 rings (SSSR count). The zero-order valence-corrected chi connectivity index (χ0v) is 11.5. The number of β-amino-alcohol motifs (C(OH)–C–C–N with tert-alkyl or cyclic N) is 1. The van der Waals surface area contributed by atoms with Crippen LogP contribution in [0.3, 0.4) is 0 Å². The van der Waals surface area contributed by atoms with E-state index in [-0.39, 0.29) is 12.0 Å². The fraction of sp³-hybridized carbons (Fsp3) is 0.500. The predicted molar refractivity (Wildman–Crippen MR) is 73.4 cm³/mol. The second kappa shape index (κ2) is 6.78. The first-order valence-corrected chi connectivity index (χ1v) is 6.88. The van der Waals surface area contributed by atoms with Crippen LogP contribution in [0.15, 0.2) is 24.3 Å². The summed E-state index contributed by atoms with van der Waals surface area (Å²) in [5.74, 6) is 0.612. The number of rotatable bonds is 4. The van der Waals surface area contributed by atoms with E-state index in [0.717, 1.165) is 19.4 Å². The maximum atomic E-state index is 11.9. The Morgan fingerprint density at radius 3 is 3.00 bits per heavy atom. The van der Waals surface area contributed by atoms with Gasteiger partial charge < -0.3 is 14.7 Å². The number of aliphatic hydroxyl groups is 1. The number of carbonyl (C=O) groups excluding carboxylic acids is 1. The number of nitrogens with zero attached hydrogens (tertiary/aromatic N) is 1. The van der Waals surface area contributed by atoms with E-state index in [2.05, 4.69) is 0 Å². The highest BCUT2D eigenvalue weighted by molar-refractivity contribution is 6.32. The molecule has 0 spiro atoms. The number of piperidine rings is 1. The molecule has 0 unspecified atom stereocenters. The molecule has 1 saturated heterocycles. The number of carbonyl (C=O) groups is 1. The SMILES string of the molecule is O=C(CCOc1ccccc1Cl)N1CCC[C@H](O)C1. The maximum Gasteiger partial charge on any atom is 0.226 e.